The molecule has 9 heteroatoms. The van der Waals surface area contributed by atoms with E-state index in [0.717, 1.165) is 0 Å². The number of carbonyl (C=O) groups is 1. The molecule has 1 aromatic heterocycles. The molecule has 0 N–H and O–H groups in total. The average Bonchev–Trinajstić information content (AvgIpc) is 3.25. The quantitative estimate of drug-likeness (QED) is 0.545. The van der Waals surface area contributed by atoms with Crippen LogP contribution in [0.2, 0.25) is 10.0 Å². The van der Waals surface area contributed by atoms with Crippen LogP contribution in [0.25, 0.3) is 11.4 Å². The second-order valence-electron chi connectivity index (χ2n) is 7.55. The zero-order chi connectivity index (χ0) is 22.1. The molecule has 31 heavy (non-hydrogen) atoms. The molecule has 1 unspecified atom stereocenters. The lowest BCUT2D eigenvalue weighted by Crippen LogP contribution is -2.49. The monoisotopic (exact) mass is 462 g/mol. The Morgan fingerprint density at radius 1 is 1.13 bits per heavy atom. The second kappa shape index (κ2) is 8.94. The third kappa shape index (κ3) is 4.59. The predicted molar refractivity (Wildman–Crippen MR) is 117 cm³/mol. The van der Waals surface area contributed by atoms with Crippen LogP contribution in [-0.4, -0.2) is 52.0 Å². The summed E-state index contributed by atoms with van der Waals surface area (Å²) < 4.78 is 19.3. The number of benzene rings is 2. The van der Waals surface area contributed by atoms with Crippen molar-refractivity contribution in [3.63, 3.8) is 0 Å². The highest BCUT2D eigenvalue weighted by Crippen LogP contribution is 2.26. The van der Waals surface area contributed by atoms with E-state index in [9.17, 15) is 9.18 Å². The highest BCUT2D eigenvalue weighted by molar-refractivity contribution is 6.36. The van der Waals surface area contributed by atoms with Crippen molar-refractivity contribution in [3.05, 3.63) is 69.3 Å². The van der Waals surface area contributed by atoms with Gasteiger partial charge in [-0.05, 0) is 43.7 Å². The molecule has 6 nitrogen and oxygen atoms in total. The summed E-state index contributed by atoms with van der Waals surface area (Å²) in [5, 5.41) is 4.84. The molecule has 0 bridgehead atoms. The van der Waals surface area contributed by atoms with Crippen LogP contribution < -0.4 is 0 Å². The Morgan fingerprint density at radius 3 is 2.55 bits per heavy atom. The van der Waals surface area contributed by atoms with Crippen molar-refractivity contribution >= 4 is 29.1 Å². The molecule has 2 heterocycles. The predicted octanol–water partition coefficient (Wildman–Crippen LogP) is 5.01. The molecule has 1 fully saturated rings. The number of rotatable bonds is 4. The zero-order valence-corrected chi connectivity index (χ0v) is 18.6. The lowest BCUT2D eigenvalue weighted by Gasteiger charge is -2.36. The number of halogens is 3. The van der Waals surface area contributed by atoms with E-state index in [4.69, 9.17) is 27.7 Å². The van der Waals surface area contributed by atoms with E-state index in [1.54, 1.807) is 42.2 Å². The van der Waals surface area contributed by atoms with E-state index in [1.807, 2.05) is 6.92 Å². The standard InChI is InChI=1S/C22H21Cl2FN4O2/c1-13-3-4-15(11-19(13)25)20-26-21(31-27-20)14(2)28-7-9-29(10-8-28)22(30)17-6-5-16(23)12-18(17)24/h3-6,11-12,14H,7-10H2,1-2H3. The first-order valence-corrected chi connectivity index (χ1v) is 10.7. The molecular formula is C22H21Cl2FN4O2. The number of aryl methyl sites for hydroxylation is 1. The Labute approximate surface area is 189 Å². The molecule has 1 saturated heterocycles. The van der Waals surface area contributed by atoms with Gasteiger partial charge in [-0.3, -0.25) is 9.69 Å². The minimum Gasteiger partial charge on any atom is -0.337 e. The number of hydrogen-bond donors (Lipinski definition) is 0. The molecule has 0 aliphatic carbocycles. The van der Waals surface area contributed by atoms with Crippen LogP contribution in [0.15, 0.2) is 40.9 Å². The van der Waals surface area contributed by atoms with Crippen LogP contribution in [0.5, 0.6) is 0 Å². The molecule has 1 aliphatic rings. The molecule has 0 saturated carbocycles. The van der Waals surface area contributed by atoms with Gasteiger partial charge in [0.25, 0.3) is 5.91 Å². The highest BCUT2D eigenvalue weighted by Gasteiger charge is 2.29. The van der Waals surface area contributed by atoms with E-state index in [-0.39, 0.29) is 17.8 Å². The molecule has 0 spiro atoms. The normalized spacial score (nSPS) is 15.8. The zero-order valence-electron chi connectivity index (χ0n) is 17.1. The fraction of sp³-hybridized carbons (Fsp3) is 0.318. The number of piperazine rings is 1. The van der Waals surface area contributed by atoms with E-state index >= 15 is 0 Å². The van der Waals surface area contributed by atoms with Gasteiger partial charge in [-0.2, -0.15) is 4.98 Å². The molecule has 2 aromatic carbocycles. The number of aromatic nitrogens is 2. The van der Waals surface area contributed by atoms with Gasteiger partial charge in [0.05, 0.1) is 16.6 Å². The number of carbonyl (C=O) groups excluding carboxylic acids is 1. The first-order chi connectivity index (χ1) is 14.8. The van der Waals surface area contributed by atoms with Crippen LogP contribution in [0, 0.1) is 12.7 Å². The van der Waals surface area contributed by atoms with Crippen molar-refractivity contribution in [1.29, 1.82) is 0 Å². The number of hydrogen-bond acceptors (Lipinski definition) is 5. The van der Waals surface area contributed by atoms with Gasteiger partial charge in [0.15, 0.2) is 0 Å². The van der Waals surface area contributed by atoms with Crippen molar-refractivity contribution in [2.75, 3.05) is 26.2 Å². The molecule has 0 radical (unpaired) electrons. The summed E-state index contributed by atoms with van der Waals surface area (Å²) >= 11 is 12.1. The lowest BCUT2D eigenvalue weighted by molar-refractivity contribution is 0.0552. The van der Waals surface area contributed by atoms with Crippen LogP contribution in [-0.2, 0) is 0 Å². The summed E-state index contributed by atoms with van der Waals surface area (Å²) in [5.74, 6) is 0.386. The summed E-state index contributed by atoms with van der Waals surface area (Å²) in [5.41, 5.74) is 1.58. The van der Waals surface area contributed by atoms with Crippen molar-refractivity contribution in [1.82, 2.24) is 19.9 Å². The largest absolute Gasteiger partial charge is 0.337 e. The first kappa shape index (κ1) is 21.7. The van der Waals surface area contributed by atoms with Crippen molar-refractivity contribution in [3.8, 4) is 11.4 Å². The smallest absolute Gasteiger partial charge is 0.255 e. The third-order valence-corrected chi connectivity index (χ3v) is 6.09. The maximum atomic E-state index is 13.8. The van der Waals surface area contributed by atoms with Gasteiger partial charge < -0.3 is 9.42 Å². The van der Waals surface area contributed by atoms with E-state index in [1.165, 1.54) is 6.07 Å². The SMILES string of the molecule is Cc1ccc(-c2noc(C(C)N3CCN(C(=O)c4ccc(Cl)cc4Cl)CC3)n2)cc1F. The van der Waals surface area contributed by atoms with Gasteiger partial charge in [-0.15, -0.1) is 0 Å². The Morgan fingerprint density at radius 2 is 1.87 bits per heavy atom. The molecule has 162 valence electrons. The van der Waals surface area contributed by atoms with Crippen LogP contribution >= 0.6 is 23.2 Å². The summed E-state index contributed by atoms with van der Waals surface area (Å²) in [6, 6.07) is 9.61. The number of amides is 1. The van der Waals surface area contributed by atoms with Crippen molar-refractivity contribution in [2.45, 2.75) is 19.9 Å². The molecule has 3 aromatic rings. The molecule has 1 amide bonds. The van der Waals surface area contributed by atoms with Gasteiger partial charge in [-0.1, -0.05) is 40.5 Å². The fourth-order valence-electron chi connectivity index (χ4n) is 3.56. The molecule has 1 aliphatic heterocycles. The van der Waals surface area contributed by atoms with Crippen LogP contribution in [0.3, 0.4) is 0 Å². The molecule has 1 atom stereocenters. The summed E-state index contributed by atoms with van der Waals surface area (Å²) in [6.45, 7) is 6.07. The van der Waals surface area contributed by atoms with Gasteiger partial charge >= 0.3 is 0 Å². The summed E-state index contributed by atoms with van der Waals surface area (Å²) in [4.78, 5) is 21.2. The van der Waals surface area contributed by atoms with Crippen molar-refractivity contribution in [2.24, 2.45) is 0 Å². The van der Waals surface area contributed by atoms with Gasteiger partial charge in [0.2, 0.25) is 11.7 Å². The van der Waals surface area contributed by atoms with Crippen LogP contribution in [0.1, 0.15) is 34.8 Å². The molecular weight excluding hydrogens is 442 g/mol. The highest BCUT2D eigenvalue weighted by atomic mass is 35.5. The average molecular weight is 463 g/mol. The summed E-state index contributed by atoms with van der Waals surface area (Å²) in [7, 11) is 0. The first-order valence-electron chi connectivity index (χ1n) is 9.92. The second-order valence-corrected chi connectivity index (χ2v) is 8.39. The lowest BCUT2D eigenvalue weighted by atomic mass is 10.1. The fourth-order valence-corrected chi connectivity index (χ4v) is 4.05. The Hall–Kier alpha value is -2.48. The van der Waals surface area contributed by atoms with E-state index in [2.05, 4.69) is 15.0 Å². The Bertz CT molecular complexity index is 1110. The van der Waals surface area contributed by atoms with Gasteiger partial charge in [0.1, 0.15) is 5.82 Å². The summed E-state index contributed by atoms with van der Waals surface area (Å²) in [6.07, 6.45) is 0. The van der Waals surface area contributed by atoms with Gasteiger partial charge in [-0.25, -0.2) is 4.39 Å². The maximum absolute atomic E-state index is 13.8. The number of nitrogens with zero attached hydrogens (tertiary/aromatic N) is 4. The minimum atomic E-state index is -0.307. The third-order valence-electron chi connectivity index (χ3n) is 5.54. The van der Waals surface area contributed by atoms with E-state index in [0.29, 0.717) is 64.6 Å². The Balaban J connectivity index is 1.40. The maximum Gasteiger partial charge on any atom is 0.255 e. The van der Waals surface area contributed by atoms with E-state index < -0.39 is 0 Å². The van der Waals surface area contributed by atoms with Crippen molar-refractivity contribution < 1.29 is 13.7 Å². The van der Waals surface area contributed by atoms with Gasteiger partial charge in [0, 0.05) is 36.8 Å². The van der Waals surface area contributed by atoms with Crippen LogP contribution in [0.4, 0.5) is 4.39 Å². The topological polar surface area (TPSA) is 62.5 Å². The minimum absolute atomic E-state index is 0.115. The Kier molecular flexibility index (Phi) is 6.27. The molecule has 4 rings (SSSR count).